The Balaban J connectivity index is 1.81. The molecule has 19 heavy (non-hydrogen) atoms. The van der Waals surface area contributed by atoms with Gasteiger partial charge < -0.3 is 10.6 Å². The van der Waals surface area contributed by atoms with Gasteiger partial charge in [0.25, 0.3) is 0 Å². The molecule has 5 heteroatoms. The van der Waals surface area contributed by atoms with E-state index in [1.165, 1.54) is 32.1 Å². The number of benzene rings is 1. The number of carbonyl (C=O) groups excluding carboxylic acids is 1. The van der Waals surface area contributed by atoms with Crippen molar-refractivity contribution in [3.05, 3.63) is 28.2 Å². The molecular weight excluding hydrogens is 283 g/mol. The van der Waals surface area contributed by atoms with E-state index in [1.807, 2.05) is 0 Å². The summed E-state index contributed by atoms with van der Waals surface area (Å²) in [5.41, 5.74) is 0.537. The van der Waals surface area contributed by atoms with Crippen LogP contribution in [0, 0.1) is 5.92 Å². The molecule has 2 N–H and O–H groups in total. The molecule has 3 nitrogen and oxygen atoms in total. The predicted molar refractivity (Wildman–Crippen MR) is 80.1 cm³/mol. The van der Waals surface area contributed by atoms with Crippen LogP contribution in [0.2, 0.25) is 10.0 Å². The molecule has 1 saturated carbocycles. The molecule has 0 radical (unpaired) electrons. The third-order valence-electron chi connectivity index (χ3n) is 3.45. The van der Waals surface area contributed by atoms with Crippen LogP contribution in [0.5, 0.6) is 0 Å². The molecule has 0 atom stereocenters. The van der Waals surface area contributed by atoms with Gasteiger partial charge in [-0.3, -0.25) is 0 Å². The van der Waals surface area contributed by atoms with E-state index in [2.05, 4.69) is 10.6 Å². The second-order valence-corrected chi connectivity index (χ2v) is 5.81. The van der Waals surface area contributed by atoms with Crippen molar-refractivity contribution in [3.63, 3.8) is 0 Å². The second kappa shape index (κ2) is 7.01. The number of carbonyl (C=O) groups is 1. The van der Waals surface area contributed by atoms with Crippen molar-refractivity contribution in [1.29, 1.82) is 0 Å². The molecule has 104 valence electrons. The van der Waals surface area contributed by atoms with Gasteiger partial charge in [0.2, 0.25) is 0 Å². The monoisotopic (exact) mass is 300 g/mol. The predicted octanol–water partition coefficient (Wildman–Crippen LogP) is 4.70. The first-order chi connectivity index (χ1) is 9.15. The number of urea groups is 1. The highest BCUT2D eigenvalue weighted by atomic mass is 35.5. The third kappa shape index (κ3) is 4.59. The Morgan fingerprint density at radius 3 is 2.68 bits per heavy atom. The highest BCUT2D eigenvalue weighted by molar-refractivity contribution is 6.35. The van der Waals surface area contributed by atoms with Crippen molar-refractivity contribution in [2.75, 3.05) is 11.9 Å². The largest absolute Gasteiger partial charge is 0.338 e. The molecule has 1 aliphatic rings. The first-order valence-corrected chi connectivity index (χ1v) is 7.40. The number of hydrogen-bond acceptors (Lipinski definition) is 1. The molecule has 0 bridgehead atoms. The van der Waals surface area contributed by atoms with E-state index in [0.29, 0.717) is 21.7 Å². The average Bonchev–Trinajstić information content (AvgIpc) is 2.42. The number of halogens is 2. The molecule has 0 heterocycles. The van der Waals surface area contributed by atoms with Crippen molar-refractivity contribution < 1.29 is 4.79 Å². The molecule has 1 aromatic rings. The van der Waals surface area contributed by atoms with Gasteiger partial charge in [0.1, 0.15) is 0 Å². The molecule has 1 aliphatic carbocycles. The van der Waals surface area contributed by atoms with Crippen molar-refractivity contribution in [1.82, 2.24) is 5.32 Å². The maximum atomic E-state index is 11.8. The number of anilines is 1. The highest BCUT2D eigenvalue weighted by Gasteiger charge is 2.14. The van der Waals surface area contributed by atoms with E-state index < -0.39 is 0 Å². The zero-order chi connectivity index (χ0) is 13.7. The molecular formula is C14H18Cl2N2O. The lowest BCUT2D eigenvalue weighted by Crippen LogP contribution is -2.33. The molecule has 0 aliphatic heterocycles. The zero-order valence-corrected chi connectivity index (χ0v) is 12.2. The maximum Gasteiger partial charge on any atom is 0.319 e. The first kappa shape index (κ1) is 14.5. The molecule has 0 aromatic heterocycles. The minimum absolute atomic E-state index is 0.227. The summed E-state index contributed by atoms with van der Waals surface area (Å²) in [6.45, 7) is 0.726. The van der Waals surface area contributed by atoms with Gasteiger partial charge in [-0.2, -0.15) is 0 Å². The summed E-state index contributed by atoms with van der Waals surface area (Å²) in [4.78, 5) is 11.8. The summed E-state index contributed by atoms with van der Waals surface area (Å²) in [5.74, 6) is 0.606. The van der Waals surface area contributed by atoms with E-state index in [0.717, 1.165) is 6.54 Å². The van der Waals surface area contributed by atoms with Gasteiger partial charge in [0.05, 0.1) is 10.7 Å². The minimum Gasteiger partial charge on any atom is -0.338 e. The van der Waals surface area contributed by atoms with Crippen LogP contribution in [0.25, 0.3) is 0 Å². The van der Waals surface area contributed by atoms with Crippen LogP contribution >= 0.6 is 23.2 Å². The molecule has 0 saturated heterocycles. The lowest BCUT2D eigenvalue weighted by molar-refractivity contribution is 0.247. The third-order valence-corrected chi connectivity index (χ3v) is 4.02. The van der Waals surface area contributed by atoms with E-state index in [1.54, 1.807) is 18.2 Å². The number of rotatable bonds is 3. The van der Waals surface area contributed by atoms with Crippen LogP contribution in [0.3, 0.4) is 0 Å². The zero-order valence-electron chi connectivity index (χ0n) is 10.7. The Kier molecular flexibility index (Phi) is 5.34. The summed E-state index contributed by atoms with van der Waals surface area (Å²) in [6, 6.07) is 4.77. The summed E-state index contributed by atoms with van der Waals surface area (Å²) < 4.78 is 0. The van der Waals surface area contributed by atoms with Crippen LogP contribution < -0.4 is 10.6 Å². The Morgan fingerprint density at radius 2 is 1.95 bits per heavy atom. The number of amides is 2. The standard InChI is InChI=1S/C14H18Cl2N2O/c15-11-6-7-12(16)13(8-11)18-14(19)17-9-10-4-2-1-3-5-10/h6-8,10H,1-5,9H2,(H2,17,18,19). The molecule has 1 fully saturated rings. The van der Waals surface area contributed by atoms with Crippen LogP contribution in [0.4, 0.5) is 10.5 Å². The fourth-order valence-electron chi connectivity index (χ4n) is 2.39. The summed E-state index contributed by atoms with van der Waals surface area (Å²) in [7, 11) is 0. The summed E-state index contributed by atoms with van der Waals surface area (Å²) >= 11 is 11.9. The molecule has 2 amide bonds. The van der Waals surface area contributed by atoms with Crippen molar-refractivity contribution in [2.24, 2.45) is 5.92 Å². The fourth-order valence-corrected chi connectivity index (χ4v) is 2.72. The Hall–Kier alpha value is -0.930. The SMILES string of the molecule is O=C(NCC1CCCCC1)Nc1cc(Cl)ccc1Cl. The lowest BCUT2D eigenvalue weighted by Gasteiger charge is -2.21. The topological polar surface area (TPSA) is 41.1 Å². The number of nitrogens with one attached hydrogen (secondary N) is 2. The molecule has 2 rings (SSSR count). The van der Waals surface area contributed by atoms with Gasteiger partial charge in [-0.15, -0.1) is 0 Å². The number of hydrogen-bond donors (Lipinski definition) is 2. The summed E-state index contributed by atoms with van der Waals surface area (Å²) in [6.07, 6.45) is 6.28. The fraction of sp³-hybridized carbons (Fsp3) is 0.500. The van der Waals surface area contributed by atoms with Crippen LogP contribution in [-0.2, 0) is 0 Å². The Labute approximate surface area is 123 Å². The molecule has 1 aromatic carbocycles. The van der Waals surface area contributed by atoms with Gasteiger partial charge in [-0.1, -0.05) is 42.5 Å². The molecule has 0 spiro atoms. The van der Waals surface area contributed by atoms with Crippen molar-refractivity contribution >= 4 is 34.9 Å². The quantitative estimate of drug-likeness (QED) is 0.835. The van der Waals surface area contributed by atoms with E-state index in [9.17, 15) is 4.79 Å². The van der Waals surface area contributed by atoms with E-state index in [-0.39, 0.29) is 6.03 Å². The van der Waals surface area contributed by atoms with E-state index in [4.69, 9.17) is 23.2 Å². The Bertz CT molecular complexity index is 445. The summed E-state index contributed by atoms with van der Waals surface area (Å²) in [5, 5.41) is 6.65. The van der Waals surface area contributed by atoms with E-state index >= 15 is 0 Å². The lowest BCUT2D eigenvalue weighted by atomic mass is 9.89. The van der Waals surface area contributed by atoms with Crippen molar-refractivity contribution in [3.8, 4) is 0 Å². The normalized spacial score (nSPS) is 16.1. The van der Waals surface area contributed by atoms with Crippen LogP contribution in [-0.4, -0.2) is 12.6 Å². The van der Waals surface area contributed by atoms with Crippen molar-refractivity contribution in [2.45, 2.75) is 32.1 Å². The van der Waals surface area contributed by atoms with Gasteiger partial charge >= 0.3 is 6.03 Å². The van der Waals surface area contributed by atoms with Crippen LogP contribution in [0.15, 0.2) is 18.2 Å². The Morgan fingerprint density at radius 1 is 1.21 bits per heavy atom. The smallest absolute Gasteiger partial charge is 0.319 e. The van der Waals surface area contributed by atoms with Gasteiger partial charge in [-0.05, 0) is 37.0 Å². The average molecular weight is 301 g/mol. The van der Waals surface area contributed by atoms with Crippen LogP contribution in [0.1, 0.15) is 32.1 Å². The second-order valence-electron chi connectivity index (χ2n) is 4.96. The minimum atomic E-state index is -0.227. The maximum absolute atomic E-state index is 11.8. The molecule has 0 unspecified atom stereocenters. The highest BCUT2D eigenvalue weighted by Crippen LogP contribution is 2.25. The van der Waals surface area contributed by atoms with Gasteiger partial charge in [0, 0.05) is 11.6 Å². The van der Waals surface area contributed by atoms with Gasteiger partial charge in [0.15, 0.2) is 0 Å². The first-order valence-electron chi connectivity index (χ1n) is 6.65. The van der Waals surface area contributed by atoms with Gasteiger partial charge in [-0.25, -0.2) is 4.79 Å².